The molecule has 0 amide bonds. The van der Waals surface area contributed by atoms with Crippen molar-refractivity contribution >= 4 is 35.7 Å². The number of hydrogen-bond donors (Lipinski definition) is 6. The standard InChI is InChI=1S/C46H50N12O8/c1(3-5-15-47-41-53-43(49-21-29-7-11-33-37(17-29)63-25-59-33)57-44(54-41)50-22-30-8-12-34-38(18-30)64-26-60-34)2-4-6-16-48-42-55-45(51-23-31-9-13-35-39(19-31)65-27-61-35)58-46(56-42)52-24-32-10-14-36-40(20-32)66-28-62-36/h7-14,17-20H,1-6,15-16,21-28H2,(H3,47,49,50,53,54,57)(H3,48,51,52,55,56,58). The zero-order valence-electron chi connectivity index (χ0n) is 36.2. The Balaban J connectivity index is 0.680. The van der Waals surface area contributed by atoms with E-state index in [0.29, 0.717) is 61.9 Å². The first-order valence-corrected chi connectivity index (χ1v) is 22.1. The fourth-order valence-corrected chi connectivity index (χ4v) is 7.51. The molecule has 2 aromatic heterocycles. The molecule has 10 rings (SSSR count). The number of aromatic nitrogens is 6. The number of unbranched alkanes of at least 4 members (excludes halogenated alkanes) is 5. The topological polar surface area (TPSA) is 223 Å². The Bertz CT molecular complexity index is 2300. The van der Waals surface area contributed by atoms with Crippen LogP contribution in [0.4, 0.5) is 35.7 Å². The minimum Gasteiger partial charge on any atom is -0.454 e. The van der Waals surface area contributed by atoms with Crippen molar-refractivity contribution in [3.8, 4) is 46.0 Å². The second-order valence-corrected chi connectivity index (χ2v) is 15.8. The van der Waals surface area contributed by atoms with Crippen LogP contribution in [0, 0.1) is 0 Å². The Morgan fingerprint density at radius 1 is 0.288 bits per heavy atom. The molecule has 342 valence electrons. The molecule has 4 aliphatic rings. The number of anilines is 6. The van der Waals surface area contributed by atoms with Gasteiger partial charge < -0.3 is 69.8 Å². The maximum Gasteiger partial charge on any atom is 0.231 e. The average Bonchev–Trinajstić information content (AvgIpc) is 4.19. The molecule has 0 fully saturated rings. The summed E-state index contributed by atoms with van der Waals surface area (Å²) in [6, 6.07) is 23.4. The number of rotatable bonds is 23. The third-order valence-corrected chi connectivity index (χ3v) is 11.0. The van der Waals surface area contributed by atoms with Gasteiger partial charge in [0.25, 0.3) is 0 Å². The number of benzene rings is 4. The molecule has 20 nitrogen and oxygen atoms in total. The first kappa shape index (κ1) is 42.1. The molecule has 0 bridgehead atoms. The lowest BCUT2D eigenvalue weighted by atomic mass is 10.1. The highest BCUT2D eigenvalue weighted by Crippen LogP contribution is 2.35. The number of nitrogens with one attached hydrogen (secondary N) is 6. The van der Waals surface area contributed by atoms with E-state index in [9.17, 15) is 0 Å². The van der Waals surface area contributed by atoms with Gasteiger partial charge in [-0.15, -0.1) is 0 Å². The monoisotopic (exact) mass is 898 g/mol. The number of nitrogens with zero attached hydrogens (tertiary/aromatic N) is 6. The lowest BCUT2D eigenvalue weighted by molar-refractivity contribution is 0.173. The zero-order chi connectivity index (χ0) is 44.3. The van der Waals surface area contributed by atoms with Crippen LogP contribution >= 0.6 is 0 Å². The first-order valence-electron chi connectivity index (χ1n) is 22.1. The van der Waals surface area contributed by atoms with Crippen LogP contribution in [-0.4, -0.2) is 70.2 Å². The van der Waals surface area contributed by atoms with E-state index in [4.69, 9.17) is 37.9 Å². The van der Waals surface area contributed by atoms with Crippen LogP contribution in [0.5, 0.6) is 46.0 Å². The quantitative estimate of drug-likeness (QED) is 0.0348. The highest BCUT2D eigenvalue weighted by Gasteiger charge is 2.18. The van der Waals surface area contributed by atoms with Crippen molar-refractivity contribution in [2.45, 2.75) is 64.7 Å². The van der Waals surface area contributed by atoms with Gasteiger partial charge in [0, 0.05) is 39.3 Å². The largest absolute Gasteiger partial charge is 0.454 e. The minimum absolute atomic E-state index is 0.227. The summed E-state index contributed by atoms with van der Waals surface area (Å²) in [7, 11) is 0. The fraction of sp³-hybridized carbons (Fsp3) is 0.348. The highest BCUT2D eigenvalue weighted by atomic mass is 16.7. The smallest absolute Gasteiger partial charge is 0.231 e. The molecule has 4 aromatic carbocycles. The SMILES string of the molecule is c1cc2c(cc1CNc1nc(NCCCCCCCCNc3nc(NCc4ccc5c(c4)OCO5)nc(NCc4ccc5c(c4)OCO5)n3)nc(NCc3ccc4c(c3)OCO4)n1)OCO2. The van der Waals surface area contributed by atoms with Crippen molar-refractivity contribution < 1.29 is 37.9 Å². The zero-order valence-corrected chi connectivity index (χ0v) is 36.2. The number of ether oxygens (including phenoxy) is 8. The van der Waals surface area contributed by atoms with Crippen molar-refractivity contribution in [3.05, 3.63) is 95.1 Å². The molecular weight excluding hydrogens is 849 g/mol. The van der Waals surface area contributed by atoms with Crippen molar-refractivity contribution in [2.24, 2.45) is 0 Å². The predicted molar refractivity (Wildman–Crippen MR) is 244 cm³/mol. The van der Waals surface area contributed by atoms with Gasteiger partial charge in [-0.3, -0.25) is 0 Å². The third kappa shape index (κ3) is 10.9. The van der Waals surface area contributed by atoms with Gasteiger partial charge in [-0.1, -0.05) is 49.9 Å². The average molecular weight is 899 g/mol. The second-order valence-electron chi connectivity index (χ2n) is 15.8. The molecule has 6 N–H and O–H groups in total. The van der Waals surface area contributed by atoms with E-state index >= 15 is 0 Å². The molecule has 0 atom stereocenters. The normalized spacial score (nSPS) is 13.4. The number of hydrogen-bond acceptors (Lipinski definition) is 20. The van der Waals surface area contributed by atoms with E-state index in [-0.39, 0.29) is 27.2 Å². The molecule has 6 heterocycles. The van der Waals surface area contributed by atoms with E-state index in [0.717, 1.165) is 120 Å². The van der Waals surface area contributed by atoms with Crippen LogP contribution < -0.4 is 69.8 Å². The van der Waals surface area contributed by atoms with Gasteiger partial charge in [-0.25, -0.2) is 0 Å². The summed E-state index contributed by atoms with van der Waals surface area (Å²) in [6.45, 7) is 4.34. The van der Waals surface area contributed by atoms with Crippen LogP contribution in [-0.2, 0) is 26.2 Å². The molecule has 20 heteroatoms. The van der Waals surface area contributed by atoms with Crippen LogP contribution in [0.25, 0.3) is 0 Å². The van der Waals surface area contributed by atoms with E-state index < -0.39 is 0 Å². The Labute approximate surface area is 380 Å². The summed E-state index contributed by atoms with van der Waals surface area (Å²) in [4.78, 5) is 28.0. The molecule has 0 radical (unpaired) electrons. The third-order valence-electron chi connectivity index (χ3n) is 11.0. The second kappa shape index (κ2) is 20.3. The Morgan fingerprint density at radius 3 is 0.818 bits per heavy atom. The summed E-state index contributed by atoms with van der Waals surface area (Å²) in [5.74, 6) is 8.66. The van der Waals surface area contributed by atoms with E-state index in [1.807, 2.05) is 72.8 Å². The summed E-state index contributed by atoms with van der Waals surface area (Å²) in [5, 5.41) is 20.2. The molecule has 0 spiro atoms. The van der Waals surface area contributed by atoms with Gasteiger partial charge in [-0.05, 0) is 83.6 Å². The van der Waals surface area contributed by atoms with E-state index in [1.54, 1.807) is 0 Å². The highest BCUT2D eigenvalue weighted by molar-refractivity contribution is 5.50. The summed E-state index contributed by atoms with van der Waals surface area (Å²) >= 11 is 0. The lowest BCUT2D eigenvalue weighted by Crippen LogP contribution is -2.13. The molecule has 0 unspecified atom stereocenters. The van der Waals surface area contributed by atoms with Crippen LogP contribution in [0.15, 0.2) is 72.8 Å². The lowest BCUT2D eigenvalue weighted by Gasteiger charge is -2.12. The van der Waals surface area contributed by atoms with Gasteiger partial charge in [0.15, 0.2) is 46.0 Å². The fourth-order valence-electron chi connectivity index (χ4n) is 7.51. The maximum absolute atomic E-state index is 5.55. The summed E-state index contributed by atoms with van der Waals surface area (Å²) < 4.78 is 44.1. The van der Waals surface area contributed by atoms with Crippen molar-refractivity contribution in [1.82, 2.24) is 29.9 Å². The maximum atomic E-state index is 5.55. The van der Waals surface area contributed by atoms with Gasteiger partial charge in [-0.2, -0.15) is 29.9 Å². The van der Waals surface area contributed by atoms with Crippen LogP contribution in [0.2, 0.25) is 0 Å². The van der Waals surface area contributed by atoms with Crippen molar-refractivity contribution in [3.63, 3.8) is 0 Å². The minimum atomic E-state index is 0.227. The molecule has 4 aliphatic heterocycles. The van der Waals surface area contributed by atoms with Crippen LogP contribution in [0.3, 0.4) is 0 Å². The molecular formula is C46H50N12O8. The summed E-state index contributed by atoms with van der Waals surface area (Å²) in [6.07, 6.45) is 6.30. The summed E-state index contributed by atoms with van der Waals surface area (Å²) in [5.41, 5.74) is 4.05. The van der Waals surface area contributed by atoms with Crippen molar-refractivity contribution in [1.29, 1.82) is 0 Å². The molecule has 6 aromatic rings. The Kier molecular flexibility index (Phi) is 12.9. The molecule has 0 aliphatic carbocycles. The van der Waals surface area contributed by atoms with Gasteiger partial charge in [0.1, 0.15) is 0 Å². The van der Waals surface area contributed by atoms with E-state index in [2.05, 4.69) is 61.8 Å². The molecule has 0 saturated heterocycles. The number of fused-ring (bicyclic) bond motifs is 4. The molecule has 0 saturated carbocycles. The van der Waals surface area contributed by atoms with Crippen molar-refractivity contribution in [2.75, 3.05) is 72.2 Å². The van der Waals surface area contributed by atoms with Gasteiger partial charge in [0.05, 0.1) is 0 Å². The Hall–Kier alpha value is -7.90. The van der Waals surface area contributed by atoms with Gasteiger partial charge >= 0.3 is 0 Å². The predicted octanol–water partition coefficient (Wildman–Crippen LogP) is 7.28. The first-order chi connectivity index (χ1) is 32.6. The Morgan fingerprint density at radius 2 is 0.530 bits per heavy atom. The molecule has 66 heavy (non-hydrogen) atoms. The van der Waals surface area contributed by atoms with E-state index in [1.165, 1.54) is 0 Å². The van der Waals surface area contributed by atoms with Gasteiger partial charge in [0.2, 0.25) is 62.9 Å². The van der Waals surface area contributed by atoms with Crippen LogP contribution in [0.1, 0.15) is 60.8 Å².